The fourth-order valence-electron chi connectivity index (χ4n) is 2.68. The number of unbranched alkanes of at least 4 members (excludes halogenated alkanes) is 3. The number of esters is 1. The zero-order valence-corrected chi connectivity index (χ0v) is 16.2. The Labute approximate surface area is 162 Å². The Morgan fingerprint density at radius 1 is 1.07 bits per heavy atom. The van der Waals surface area contributed by atoms with E-state index in [4.69, 9.17) is 13.9 Å². The molecule has 0 unspecified atom stereocenters. The Bertz CT molecular complexity index is 673. The van der Waals surface area contributed by atoms with Crippen LogP contribution in [0, 0.1) is 0 Å². The average Bonchev–Trinajstić information content (AvgIpc) is 3.14. The number of aryl methyl sites for hydroxylation is 1. The predicted molar refractivity (Wildman–Crippen MR) is 107 cm³/mol. The molecule has 0 N–H and O–H groups in total. The fourth-order valence-corrected chi connectivity index (χ4v) is 2.68. The zero-order chi connectivity index (χ0) is 19.2. The Morgan fingerprint density at radius 3 is 2.74 bits per heavy atom. The summed E-state index contributed by atoms with van der Waals surface area (Å²) in [6.07, 6.45) is 9.48. The smallest absolute Gasteiger partial charge is 0.306 e. The minimum absolute atomic E-state index is 0.182. The van der Waals surface area contributed by atoms with Crippen molar-refractivity contribution in [3.63, 3.8) is 0 Å². The van der Waals surface area contributed by atoms with Crippen molar-refractivity contribution in [1.82, 2.24) is 0 Å². The van der Waals surface area contributed by atoms with Gasteiger partial charge in [0.05, 0.1) is 19.6 Å². The normalized spacial score (nSPS) is 11.1. The first kappa shape index (κ1) is 21.0. The molecule has 1 aromatic heterocycles. The van der Waals surface area contributed by atoms with Crippen LogP contribution in [-0.2, 0) is 27.3 Å². The summed E-state index contributed by atoms with van der Waals surface area (Å²) < 4.78 is 16.3. The third-order valence-corrected chi connectivity index (χ3v) is 4.12. The van der Waals surface area contributed by atoms with E-state index in [1.54, 1.807) is 0 Å². The van der Waals surface area contributed by atoms with Crippen molar-refractivity contribution < 1.29 is 18.7 Å². The van der Waals surface area contributed by atoms with Gasteiger partial charge in [0.15, 0.2) is 0 Å². The van der Waals surface area contributed by atoms with Crippen LogP contribution in [0.2, 0.25) is 0 Å². The van der Waals surface area contributed by atoms with Crippen molar-refractivity contribution in [2.75, 3.05) is 13.2 Å². The molecule has 4 heteroatoms. The van der Waals surface area contributed by atoms with Crippen LogP contribution in [0.4, 0.5) is 0 Å². The van der Waals surface area contributed by atoms with Crippen LogP contribution in [0.25, 0.3) is 6.08 Å². The molecule has 0 aliphatic rings. The molecule has 0 amide bonds. The minimum Gasteiger partial charge on any atom is -0.466 e. The van der Waals surface area contributed by atoms with Crippen LogP contribution in [0.3, 0.4) is 0 Å². The lowest BCUT2D eigenvalue weighted by Gasteiger charge is -2.03. The average molecular weight is 370 g/mol. The van der Waals surface area contributed by atoms with E-state index >= 15 is 0 Å². The third-order valence-electron chi connectivity index (χ3n) is 4.12. The van der Waals surface area contributed by atoms with Crippen molar-refractivity contribution in [2.45, 2.75) is 52.1 Å². The molecule has 0 saturated heterocycles. The number of benzene rings is 1. The van der Waals surface area contributed by atoms with Gasteiger partial charge in [-0.25, -0.2) is 0 Å². The maximum Gasteiger partial charge on any atom is 0.306 e. The Hall–Kier alpha value is -2.33. The van der Waals surface area contributed by atoms with Crippen LogP contribution >= 0.6 is 0 Å². The molecule has 0 atom stereocenters. The van der Waals surface area contributed by atoms with Crippen molar-refractivity contribution in [1.29, 1.82) is 0 Å². The maximum atomic E-state index is 11.3. The number of ether oxygens (including phenoxy) is 2. The number of allylic oxidation sites excluding steroid dienone is 1. The van der Waals surface area contributed by atoms with Gasteiger partial charge in [-0.3, -0.25) is 4.79 Å². The summed E-state index contributed by atoms with van der Waals surface area (Å²) in [6, 6.07) is 14.1. The Balaban J connectivity index is 1.50. The van der Waals surface area contributed by atoms with Gasteiger partial charge in [0.25, 0.3) is 0 Å². The SMILES string of the molecule is CCOC(=O)CCc1ccc(/C=C\CCCCCOCc2ccccc2)o1. The quantitative estimate of drug-likeness (QED) is 0.342. The molecule has 0 spiro atoms. The second-order valence-corrected chi connectivity index (χ2v) is 6.40. The van der Waals surface area contributed by atoms with Gasteiger partial charge in [0, 0.05) is 13.0 Å². The Kier molecular flexibility index (Phi) is 10.0. The highest BCUT2D eigenvalue weighted by atomic mass is 16.5. The first-order chi connectivity index (χ1) is 13.3. The molecule has 1 aromatic carbocycles. The van der Waals surface area contributed by atoms with Crippen LogP contribution in [-0.4, -0.2) is 19.2 Å². The van der Waals surface area contributed by atoms with Crippen LogP contribution in [0.5, 0.6) is 0 Å². The van der Waals surface area contributed by atoms with E-state index in [1.807, 2.05) is 43.3 Å². The van der Waals surface area contributed by atoms with Crippen LogP contribution in [0.15, 0.2) is 53.0 Å². The summed E-state index contributed by atoms with van der Waals surface area (Å²) in [4.78, 5) is 11.3. The molecule has 0 bridgehead atoms. The standard InChI is InChI=1S/C23H30O4/c1-2-26-23(24)17-16-22-15-14-21(27-22)13-9-4-3-5-10-18-25-19-20-11-7-6-8-12-20/h6-9,11-15H,2-5,10,16-19H2,1H3/b13-9-. The molecule has 0 fully saturated rings. The van der Waals surface area contributed by atoms with Gasteiger partial charge in [0.1, 0.15) is 11.5 Å². The molecule has 0 aliphatic heterocycles. The topological polar surface area (TPSA) is 48.7 Å². The molecule has 0 aliphatic carbocycles. The molecule has 0 saturated carbocycles. The maximum absolute atomic E-state index is 11.3. The molecular formula is C23H30O4. The summed E-state index contributed by atoms with van der Waals surface area (Å²) in [5, 5.41) is 0. The van der Waals surface area contributed by atoms with Crippen LogP contribution < -0.4 is 0 Å². The van der Waals surface area contributed by atoms with E-state index in [-0.39, 0.29) is 5.97 Å². The Morgan fingerprint density at radius 2 is 1.93 bits per heavy atom. The minimum atomic E-state index is -0.182. The number of hydrogen-bond acceptors (Lipinski definition) is 4. The highest BCUT2D eigenvalue weighted by Gasteiger charge is 2.05. The van der Waals surface area contributed by atoms with E-state index in [9.17, 15) is 4.79 Å². The monoisotopic (exact) mass is 370 g/mol. The fraction of sp³-hybridized carbons (Fsp3) is 0.435. The van der Waals surface area contributed by atoms with E-state index in [0.717, 1.165) is 43.8 Å². The molecular weight excluding hydrogens is 340 g/mol. The van der Waals surface area contributed by atoms with E-state index in [2.05, 4.69) is 18.2 Å². The first-order valence-corrected chi connectivity index (χ1v) is 9.80. The summed E-state index contributed by atoms with van der Waals surface area (Å²) in [5.41, 5.74) is 1.22. The highest BCUT2D eigenvalue weighted by molar-refractivity contribution is 5.69. The summed E-state index contributed by atoms with van der Waals surface area (Å²) in [5.74, 6) is 1.47. The zero-order valence-electron chi connectivity index (χ0n) is 16.2. The van der Waals surface area contributed by atoms with Crippen molar-refractivity contribution >= 4 is 12.0 Å². The van der Waals surface area contributed by atoms with E-state index in [0.29, 0.717) is 26.1 Å². The number of furan rings is 1. The van der Waals surface area contributed by atoms with Gasteiger partial charge in [-0.05, 0) is 50.0 Å². The first-order valence-electron chi connectivity index (χ1n) is 9.80. The molecule has 2 rings (SSSR count). The van der Waals surface area contributed by atoms with Crippen molar-refractivity contribution in [2.24, 2.45) is 0 Å². The number of hydrogen-bond donors (Lipinski definition) is 0. The lowest BCUT2D eigenvalue weighted by Crippen LogP contribution is -2.04. The highest BCUT2D eigenvalue weighted by Crippen LogP contribution is 2.13. The number of carbonyl (C=O) groups excluding carboxylic acids is 1. The number of rotatable bonds is 13. The van der Waals surface area contributed by atoms with Crippen LogP contribution in [0.1, 0.15) is 56.1 Å². The molecule has 4 nitrogen and oxygen atoms in total. The predicted octanol–water partition coefficient (Wildman–Crippen LogP) is 5.57. The lowest BCUT2D eigenvalue weighted by atomic mass is 10.2. The van der Waals surface area contributed by atoms with Crippen molar-refractivity contribution in [3.8, 4) is 0 Å². The van der Waals surface area contributed by atoms with Gasteiger partial charge < -0.3 is 13.9 Å². The molecule has 27 heavy (non-hydrogen) atoms. The van der Waals surface area contributed by atoms with Gasteiger partial charge in [-0.2, -0.15) is 0 Å². The second-order valence-electron chi connectivity index (χ2n) is 6.40. The van der Waals surface area contributed by atoms with Crippen molar-refractivity contribution in [3.05, 3.63) is 65.6 Å². The largest absolute Gasteiger partial charge is 0.466 e. The van der Waals surface area contributed by atoms with Gasteiger partial charge in [0.2, 0.25) is 0 Å². The molecule has 1 heterocycles. The summed E-state index contributed by atoms with van der Waals surface area (Å²) in [7, 11) is 0. The van der Waals surface area contributed by atoms with Gasteiger partial charge >= 0.3 is 5.97 Å². The molecule has 2 aromatic rings. The van der Waals surface area contributed by atoms with E-state index < -0.39 is 0 Å². The molecule has 0 radical (unpaired) electrons. The third kappa shape index (κ3) is 9.25. The lowest BCUT2D eigenvalue weighted by molar-refractivity contribution is -0.143. The number of carbonyl (C=O) groups is 1. The van der Waals surface area contributed by atoms with Gasteiger partial charge in [-0.15, -0.1) is 0 Å². The summed E-state index contributed by atoms with van der Waals surface area (Å²) >= 11 is 0. The van der Waals surface area contributed by atoms with Gasteiger partial charge in [-0.1, -0.05) is 42.8 Å². The van der Waals surface area contributed by atoms with E-state index in [1.165, 1.54) is 5.56 Å². The summed E-state index contributed by atoms with van der Waals surface area (Å²) in [6.45, 7) is 3.73. The second kappa shape index (κ2) is 12.9. The molecule has 146 valence electrons.